The minimum absolute atomic E-state index is 0.0181. The molecule has 0 saturated heterocycles. The first-order valence-corrected chi connectivity index (χ1v) is 5.38. The fourth-order valence-electron chi connectivity index (χ4n) is 1.18. The second-order valence-electron chi connectivity index (χ2n) is 3.55. The maximum absolute atomic E-state index is 11.4. The maximum atomic E-state index is 11.4. The number of rotatable bonds is 5. The molecular formula is C12H15ClO3. The van der Waals surface area contributed by atoms with Gasteiger partial charge in [0.15, 0.2) is 5.78 Å². The van der Waals surface area contributed by atoms with Crippen LogP contribution in [0.15, 0.2) is 18.2 Å². The van der Waals surface area contributed by atoms with Crippen LogP contribution in [0.1, 0.15) is 24.2 Å². The van der Waals surface area contributed by atoms with Crippen molar-refractivity contribution in [2.75, 3.05) is 13.7 Å². The number of hydrogen-bond donors (Lipinski definition) is 0. The SMILES string of the molecule is COC(C)COc1ccc(Cl)cc1C(C)=O. The molecule has 0 spiro atoms. The number of ketones is 1. The van der Waals surface area contributed by atoms with Crippen LogP contribution in [0, 0.1) is 0 Å². The summed E-state index contributed by atoms with van der Waals surface area (Å²) in [4.78, 5) is 11.4. The molecule has 4 heteroatoms. The second-order valence-corrected chi connectivity index (χ2v) is 3.99. The second kappa shape index (κ2) is 5.87. The summed E-state index contributed by atoms with van der Waals surface area (Å²) in [5.74, 6) is 0.475. The molecule has 1 atom stereocenters. The van der Waals surface area contributed by atoms with Crippen molar-refractivity contribution in [2.24, 2.45) is 0 Å². The Bertz CT molecular complexity index is 377. The number of methoxy groups -OCH3 is 1. The number of carbonyl (C=O) groups excluding carboxylic acids is 1. The quantitative estimate of drug-likeness (QED) is 0.745. The molecule has 3 nitrogen and oxygen atoms in total. The molecule has 0 radical (unpaired) electrons. The Kier molecular flexibility index (Phi) is 4.77. The smallest absolute Gasteiger partial charge is 0.163 e. The number of halogens is 1. The zero-order valence-corrected chi connectivity index (χ0v) is 10.4. The van der Waals surface area contributed by atoms with Crippen molar-refractivity contribution in [3.8, 4) is 5.75 Å². The maximum Gasteiger partial charge on any atom is 0.163 e. The van der Waals surface area contributed by atoms with Gasteiger partial charge in [0.2, 0.25) is 0 Å². The van der Waals surface area contributed by atoms with E-state index >= 15 is 0 Å². The first-order chi connectivity index (χ1) is 7.54. The van der Waals surface area contributed by atoms with Gasteiger partial charge in [-0.1, -0.05) is 11.6 Å². The lowest BCUT2D eigenvalue weighted by molar-refractivity contribution is 0.0708. The number of Topliss-reactive ketones (excluding diaryl/α,β-unsaturated/α-hetero) is 1. The monoisotopic (exact) mass is 242 g/mol. The standard InChI is InChI=1S/C12H15ClO3/c1-8(15-3)7-16-12-5-4-10(13)6-11(12)9(2)14/h4-6,8H,7H2,1-3H3. The highest BCUT2D eigenvalue weighted by Crippen LogP contribution is 2.23. The Labute approximate surface area is 100 Å². The van der Waals surface area contributed by atoms with Crippen LogP contribution in [0.3, 0.4) is 0 Å². The highest BCUT2D eigenvalue weighted by atomic mass is 35.5. The Balaban J connectivity index is 2.82. The van der Waals surface area contributed by atoms with Gasteiger partial charge in [-0.05, 0) is 32.0 Å². The third kappa shape index (κ3) is 3.51. The zero-order valence-electron chi connectivity index (χ0n) is 9.62. The molecule has 0 fully saturated rings. The highest BCUT2D eigenvalue weighted by Gasteiger charge is 2.10. The summed E-state index contributed by atoms with van der Waals surface area (Å²) < 4.78 is 10.6. The van der Waals surface area contributed by atoms with E-state index in [-0.39, 0.29) is 11.9 Å². The molecule has 0 bridgehead atoms. The minimum Gasteiger partial charge on any atom is -0.490 e. The number of ether oxygens (including phenoxy) is 2. The van der Waals surface area contributed by atoms with Crippen LogP contribution in [-0.4, -0.2) is 25.6 Å². The fraction of sp³-hybridized carbons (Fsp3) is 0.417. The first-order valence-electron chi connectivity index (χ1n) is 5.00. The summed E-state index contributed by atoms with van der Waals surface area (Å²) >= 11 is 5.82. The Morgan fingerprint density at radius 1 is 1.50 bits per heavy atom. The van der Waals surface area contributed by atoms with Crippen molar-refractivity contribution in [1.82, 2.24) is 0 Å². The van der Waals surface area contributed by atoms with Gasteiger partial charge >= 0.3 is 0 Å². The summed E-state index contributed by atoms with van der Waals surface area (Å²) in [5.41, 5.74) is 0.496. The molecule has 1 unspecified atom stereocenters. The van der Waals surface area contributed by atoms with Gasteiger partial charge in [0.25, 0.3) is 0 Å². The molecule has 0 saturated carbocycles. The van der Waals surface area contributed by atoms with E-state index < -0.39 is 0 Å². The van der Waals surface area contributed by atoms with E-state index in [0.717, 1.165) is 0 Å². The molecular weight excluding hydrogens is 228 g/mol. The molecule has 0 aliphatic rings. The van der Waals surface area contributed by atoms with E-state index in [2.05, 4.69) is 0 Å². The third-order valence-electron chi connectivity index (χ3n) is 2.20. The lowest BCUT2D eigenvalue weighted by Crippen LogP contribution is -2.16. The van der Waals surface area contributed by atoms with Gasteiger partial charge in [-0.25, -0.2) is 0 Å². The molecule has 1 aromatic carbocycles. The predicted molar refractivity (Wildman–Crippen MR) is 63.4 cm³/mol. The predicted octanol–water partition coefficient (Wildman–Crippen LogP) is 2.96. The minimum atomic E-state index is -0.0671. The average Bonchev–Trinajstić information content (AvgIpc) is 2.26. The zero-order chi connectivity index (χ0) is 12.1. The van der Waals surface area contributed by atoms with Crippen LogP contribution in [0.25, 0.3) is 0 Å². The number of benzene rings is 1. The van der Waals surface area contributed by atoms with E-state index in [9.17, 15) is 4.79 Å². The van der Waals surface area contributed by atoms with Crippen LogP contribution in [0.2, 0.25) is 5.02 Å². The van der Waals surface area contributed by atoms with Crippen molar-refractivity contribution >= 4 is 17.4 Å². The molecule has 88 valence electrons. The van der Waals surface area contributed by atoms with Gasteiger partial charge in [0.1, 0.15) is 12.4 Å². The topological polar surface area (TPSA) is 35.5 Å². The average molecular weight is 243 g/mol. The Morgan fingerprint density at radius 2 is 2.19 bits per heavy atom. The van der Waals surface area contributed by atoms with E-state index in [1.807, 2.05) is 6.92 Å². The van der Waals surface area contributed by atoms with E-state index in [0.29, 0.717) is 22.9 Å². The van der Waals surface area contributed by atoms with Crippen LogP contribution in [-0.2, 0) is 4.74 Å². The van der Waals surface area contributed by atoms with Gasteiger partial charge in [-0.2, -0.15) is 0 Å². The molecule has 0 amide bonds. The van der Waals surface area contributed by atoms with E-state index in [1.54, 1.807) is 25.3 Å². The van der Waals surface area contributed by atoms with Crippen molar-refractivity contribution in [1.29, 1.82) is 0 Å². The number of carbonyl (C=O) groups is 1. The van der Waals surface area contributed by atoms with Gasteiger partial charge in [0, 0.05) is 12.1 Å². The normalized spacial score (nSPS) is 12.2. The summed E-state index contributed by atoms with van der Waals surface area (Å²) in [6.07, 6.45) is -0.0181. The molecule has 0 aliphatic carbocycles. The highest BCUT2D eigenvalue weighted by molar-refractivity contribution is 6.31. The number of hydrogen-bond acceptors (Lipinski definition) is 3. The van der Waals surface area contributed by atoms with Crippen molar-refractivity contribution in [3.05, 3.63) is 28.8 Å². The summed E-state index contributed by atoms with van der Waals surface area (Å²) in [6, 6.07) is 5.00. The summed E-state index contributed by atoms with van der Waals surface area (Å²) in [5, 5.41) is 0.525. The van der Waals surface area contributed by atoms with Gasteiger partial charge in [0.05, 0.1) is 11.7 Å². The fourth-order valence-corrected chi connectivity index (χ4v) is 1.35. The third-order valence-corrected chi connectivity index (χ3v) is 2.43. The molecule has 0 heterocycles. The van der Waals surface area contributed by atoms with Gasteiger partial charge in [-0.15, -0.1) is 0 Å². The molecule has 1 rings (SSSR count). The van der Waals surface area contributed by atoms with Gasteiger partial charge < -0.3 is 9.47 Å². The van der Waals surface area contributed by atoms with Crippen LogP contribution >= 0.6 is 11.6 Å². The Morgan fingerprint density at radius 3 is 2.75 bits per heavy atom. The lowest BCUT2D eigenvalue weighted by atomic mass is 10.1. The van der Waals surface area contributed by atoms with E-state index in [4.69, 9.17) is 21.1 Å². The van der Waals surface area contributed by atoms with Crippen LogP contribution in [0.4, 0.5) is 0 Å². The molecule has 1 aromatic rings. The Hall–Kier alpha value is -1.06. The molecule has 0 aromatic heterocycles. The van der Waals surface area contributed by atoms with Gasteiger partial charge in [-0.3, -0.25) is 4.79 Å². The lowest BCUT2D eigenvalue weighted by Gasteiger charge is -2.13. The summed E-state index contributed by atoms with van der Waals surface area (Å²) in [6.45, 7) is 3.78. The first kappa shape index (κ1) is 13.0. The van der Waals surface area contributed by atoms with Crippen molar-refractivity contribution in [2.45, 2.75) is 20.0 Å². The summed E-state index contributed by atoms with van der Waals surface area (Å²) in [7, 11) is 1.61. The van der Waals surface area contributed by atoms with Crippen LogP contribution < -0.4 is 4.74 Å². The van der Waals surface area contributed by atoms with Crippen molar-refractivity contribution in [3.63, 3.8) is 0 Å². The molecule has 16 heavy (non-hydrogen) atoms. The van der Waals surface area contributed by atoms with E-state index in [1.165, 1.54) is 6.92 Å². The van der Waals surface area contributed by atoms with Crippen LogP contribution in [0.5, 0.6) is 5.75 Å². The largest absolute Gasteiger partial charge is 0.490 e. The van der Waals surface area contributed by atoms with Crippen molar-refractivity contribution < 1.29 is 14.3 Å². The molecule has 0 aliphatic heterocycles. The molecule has 0 N–H and O–H groups in total.